The summed E-state index contributed by atoms with van der Waals surface area (Å²) in [7, 11) is 0. The molecule has 0 aliphatic heterocycles. The number of amides is 1. The van der Waals surface area contributed by atoms with Crippen molar-refractivity contribution in [2.45, 2.75) is 34.6 Å². The molecule has 3 heteroatoms. The van der Waals surface area contributed by atoms with Gasteiger partial charge in [0.25, 0.3) is 5.91 Å². The van der Waals surface area contributed by atoms with Gasteiger partial charge in [-0.1, -0.05) is 39.8 Å². The second-order valence-corrected chi connectivity index (χ2v) is 5.80. The van der Waals surface area contributed by atoms with Crippen LogP contribution in [0.1, 0.15) is 43.6 Å². The van der Waals surface area contributed by atoms with Gasteiger partial charge in [-0.05, 0) is 36.3 Å². The minimum atomic E-state index is -0.425. The lowest BCUT2D eigenvalue weighted by Crippen LogP contribution is -2.34. The van der Waals surface area contributed by atoms with Gasteiger partial charge in [-0.3, -0.25) is 4.79 Å². The first-order chi connectivity index (χ1) is 8.84. The summed E-state index contributed by atoms with van der Waals surface area (Å²) in [5.41, 5.74) is 0.628. The lowest BCUT2D eigenvalue weighted by atomic mass is 9.85. The fourth-order valence-electron chi connectivity index (χ4n) is 2.37. The van der Waals surface area contributed by atoms with Gasteiger partial charge in [0.2, 0.25) is 0 Å². The highest BCUT2D eigenvalue weighted by Gasteiger charge is 2.19. The van der Waals surface area contributed by atoms with E-state index in [0.717, 1.165) is 0 Å². The summed E-state index contributed by atoms with van der Waals surface area (Å²) in [5, 5.41) is 2.85. The summed E-state index contributed by atoms with van der Waals surface area (Å²) in [5.74, 6) is 0.625. The van der Waals surface area contributed by atoms with Crippen LogP contribution in [0.3, 0.4) is 0 Å². The number of hydrogen-bond donors (Lipinski definition) is 1. The maximum Gasteiger partial charge on any atom is 0.254 e. The Bertz CT molecular complexity index is 432. The van der Waals surface area contributed by atoms with Crippen LogP contribution in [0.25, 0.3) is 0 Å². The summed E-state index contributed by atoms with van der Waals surface area (Å²) in [4.78, 5) is 12.0. The Labute approximate surface area is 115 Å². The maximum atomic E-state index is 13.8. The first kappa shape index (κ1) is 15.7. The van der Waals surface area contributed by atoms with E-state index in [1.54, 1.807) is 19.1 Å². The molecule has 106 valence electrons. The van der Waals surface area contributed by atoms with Crippen LogP contribution < -0.4 is 5.32 Å². The van der Waals surface area contributed by atoms with E-state index in [1.165, 1.54) is 6.07 Å². The molecule has 0 saturated heterocycles. The molecule has 0 radical (unpaired) electrons. The Balaban J connectivity index is 2.72. The molecule has 0 saturated carbocycles. The molecular weight excluding hydrogens is 241 g/mol. The standard InChI is InChI=1S/C16H24FNO/c1-10(2)14(11(3)4)9-18-16(19)13-8-6-7-12(5)15(13)17/h6-8,10-11,14H,9H2,1-5H3,(H,18,19). The van der Waals surface area contributed by atoms with Crippen molar-refractivity contribution in [2.75, 3.05) is 6.54 Å². The lowest BCUT2D eigenvalue weighted by Gasteiger charge is -2.25. The van der Waals surface area contributed by atoms with Gasteiger partial charge >= 0.3 is 0 Å². The van der Waals surface area contributed by atoms with Gasteiger partial charge < -0.3 is 5.32 Å². The zero-order valence-corrected chi connectivity index (χ0v) is 12.5. The molecule has 2 nitrogen and oxygen atoms in total. The molecular formula is C16H24FNO. The molecule has 0 bridgehead atoms. The molecule has 0 spiro atoms. The first-order valence-corrected chi connectivity index (χ1v) is 6.87. The monoisotopic (exact) mass is 265 g/mol. The summed E-state index contributed by atoms with van der Waals surface area (Å²) in [6, 6.07) is 4.89. The van der Waals surface area contributed by atoms with E-state index in [0.29, 0.717) is 29.9 Å². The Kier molecular flexibility index (Phi) is 5.52. The Morgan fingerprint density at radius 3 is 2.32 bits per heavy atom. The van der Waals surface area contributed by atoms with Crippen LogP contribution in [0.5, 0.6) is 0 Å². The quantitative estimate of drug-likeness (QED) is 0.862. The number of hydrogen-bond acceptors (Lipinski definition) is 1. The molecule has 0 aromatic heterocycles. The Hall–Kier alpha value is -1.38. The van der Waals surface area contributed by atoms with Gasteiger partial charge in [-0.25, -0.2) is 4.39 Å². The fraction of sp³-hybridized carbons (Fsp3) is 0.562. The molecule has 0 fully saturated rings. The molecule has 1 rings (SSSR count). The van der Waals surface area contributed by atoms with E-state index in [-0.39, 0.29) is 11.5 Å². The van der Waals surface area contributed by atoms with Crippen LogP contribution in [-0.4, -0.2) is 12.5 Å². The summed E-state index contributed by atoms with van der Waals surface area (Å²) in [6.45, 7) is 10.8. The zero-order chi connectivity index (χ0) is 14.6. The van der Waals surface area contributed by atoms with Gasteiger partial charge in [-0.15, -0.1) is 0 Å². The normalized spacial score (nSPS) is 11.4. The van der Waals surface area contributed by atoms with Crippen molar-refractivity contribution in [3.8, 4) is 0 Å². The lowest BCUT2D eigenvalue weighted by molar-refractivity contribution is 0.0933. The van der Waals surface area contributed by atoms with E-state index in [9.17, 15) is 9.18 Å². The van der Waals surface area contributed by atoms with Gasteiger partial charge in [-0.2, -0.15) is 0 Å². The highest BCUT2D eigenvalue weighted by Crippen LogP contribution is 2.20. The average Bonchev–Trinajstić information content (AvgIpc) is 2.31. The van der Waals surface area contributed by atoms with Crippen molar-refractivity contribution in [1.82, 2.24) is 5.32 Å². The van der Waals surface area contributed by atoms with Crippen LogP contribution in [0, 0.1) is 30.5 Å². The third-order valence-corrected chi connectivity index (χ3v) is 3.65. The van der Waals surface area contributed by atoms with Crippen LogP contribution in [0.4, 0.5) is 4.39 Å². The molecule has 0 atom stereocenters. The number of aryl methyl sites for hydroxylation is 1. The maximum absolute atomic E-state index is 13.8. The van der Waals surface area contributed by atoms with Crippen molar-refractivity contribution in [3.05, 3.63) is 35.1 Å². The summed E-state index contributed by atoms with van der Waals surface area (Å²) >= 11 is 0. The van der Waals surface area contributed by atoms with E-state index < -0.39 is 5.82 Å². The molecule has 19 heavy (non-hydrogen) atoms. The number of rotatable bonds is 5. The molecule has 0 heterocycles. The molecule has 0 aliphatic rings. The van der Waals surface area contributed by atoms with Crippen molar-refractivity contribution in [2.24, 2.45) is 17.8 Å². The minimum Gasteiger partial charge on any atom is -0.352 e. The second kappa shape index (κ2) is 6.69. The van der Waals surface area contributed by atoms with E-state index in [1.807, 2.05) is 0 Å². The van der Waals surface area contributed by atoms with E-state index in [4.69, 9.17) is 0 Å². The number of carbonyl (C=O) groups is 1. The summed E-state index contributed by atoms with van der Waals surface area (Å²) < 4.78 is 13.8. The van der Waals surface area contributed by atoms with Gasteiger partial charge in [0.15, 0.2) is 0 Å². The molecule has 0 aliphatic carbocycles. The van der Waals surface area contributed by atoms with Crippen molar-refractivity contribution in [1.29, 1.82) is 0 Å². The van der Waals surface area contributed by atoms with Gasteiger partial charge in [0.05, 0.1) is 5.56 Å². The van der Waals surface area contributed by atoms with Crippen LogP contribution >= 0.6 is 0 Å². The minimum absolute atomic E-state index is 0.131. The van der Waals surface area contributed by atoms with Gasteiger partial charge in [0, 0.05) is 6.54 Å². The molecule has 1 aromatic carbocycles. The third kappa shape index (κ3) is 4.05. The number of nitrogens with one attached hydrogen (secondary N) is 1. The Morgan fingerprint density at radius 2 is 1.79 bits per heavy atom. The third-order valence-electron chi connectivity index (χ3n) is 3.65. The number of halogens is 1. The molecule has 1 aromatic rings. The molecule has 1 N–H and O–H groups in total. The zero-order valence-electron chi connectivity index (χ0n) is 12.5. The fourth-order valence-corrected chi connectivity index (χ4v) is 2.37. The van der Waals surface area contributed by atoms with Crippen LogP contribution in [-0.2, 0) is 0 Å². The Morgan fingerprint density at radius 1 is 1.21 bits per heavy atom. The first-order valence-electron chi connectivity index (χ1n) is 6.87. The van der Waals surface area contributed by atoms with Crippen LogP contribution in [0.15, 0.2) is 18.2 Å². The van der Waals surface area contributed by atoms with Crippen molar-refractivity contribution >= 4 is 5.91 Å². The van der Waals surface area contributed by atoms with Crippen LogP contribution in [0.2, 0.25) is 0 Å². The highest BCUT2D eigenvalue weighted by atomic mass is 19.1. The van der Waals surface area contributed by atoms with Gasteiger partial charge in [0.1, 0.15) is 5.82 Å². The largest absolute Gasteiger partial charge is 0.352 e. The topological polar surface area (TPSA) is 29.1 Å². The van der Waals surface area contributed by atoms with E-state index >= 15 is 0 Å². The molecule has 1 amide bonds. The number of carbonyl (C=O) groups excluding carboxylic acids is 1. The summed E-state index contributed by atoms with van der Waals surface area (Å²) in [6.07, 6.45) is 0. The predicted molar refractivity (Wildman–Crippen MR) is 76.6 cm³/mol. The SMILES string of the molecule is Cc1cccc(C(=O)NCC(C(C)C)C(C)C)c1F. The highest BCUT2D eigenvalue weighted by molar-refractivity contribution is 5.94. The average molecular weight is 265 g/mol. The van der Waals surface area contributed by atoms with Crippen molar-refractivity contribution in [3.63, 3.8) is 0 Å². The smallest absolute Gasteiger partial charge is 0.254 e. The second-order valence-electron chi connectivity index (χ2n) is 5.80. The van der Waals surface area contributed by atoms with E-state index in [2.05, 4.69) is 33.0 Å². The van der Waals surface area contributed by atoms with Crippen molar-refractivity contribution < 1.29 is 9.18 Å². The molecule has 0 unspecified atom stereocenters. The number of benzene rings is 1. The predicted octanol–water partition coefficient (Wildman–Crippen LogP) is 3.79.